The molecule has 0 saturated heterocycles. The van der Waals surface area contributed by atoms with Crippen LogP contribution in [0.5, 0.6) is 0 Å². The lowest BCUT2D eigenvalue weighted by Gasteiger charge is -2.04. The first kappa shape index (κ1) is 13.4. The third-order valence-electron chi connectivity index (χ3n) is 2.41. The number of halogens is 1. The first-order valence-electron chi connectivity index (χ1n) is 5.49. The zero-order valence-corrected chi connectivity index (χ0v) is 10.8. The van der Waals surface area contributed by atoms with E-state index in [-0.39, 0.29) is 5.69 Å². The number of non-ortho nitro benzene ring substituents is 1. The number of nitro benzene ring substituents is 1. The Morgan fingerprint density at radius 2 is 2.26 bits per heavy atom. The summed E-state index contributed by atoms with van der Waals surface area (Å²) in [6.07, 6.45) is 0. The van der Waals surface area contributed by atoms with Crippen molar-refractivity contribution in [1.29, 1.82) is 0 Å². The average molecular weight is 283 g/mol. The zero-order valence-electron chi connectivity index (χ0n) is 10.1. The summed E-state index contributed by atoms with van der Waals surface area (Å²) in [5.74, 6) is 1.06. The number of nitrogens with zero attached hydrogens (tertiary/aromatic N) is 3. The van der Waals surface area contributed by atoms with E-state index >= 15 is 0 Å². The monoisotopic (exact) mass is 282 g/mol. The minimum absolute atomic E-state index is 0.0266. The molecule has 19 heavy (non-hydrogen) atoms. The Bertz CT molecular complexity index is 599. The van der Waals surface area contributed by atoms with Crippen molar-refractivity contribution in [3.05, 3.63) is 50.6 Å². The van der Waals surface area contributed by atoms with Crippen molar-refractivity contribution in [3.63, 3.8) is 0 Å². The number of benzene rings is 1. The van der Waals surface area contributed by atoms with Crippen LogP contribution in [0.1, 0.15) is 17.3 Å². The van der Waals surface area contributed by atoms with E-state index in [1.54, 1.807) is 13.0 Å². The van der Waals surface area contributed by atoms with Gasteiger partial charge < -0.3 is 9.84 Å². The lowest BCUT2D eigenvalue weighted by atomic mass is 10.2. The Labute approximate surface area is 113 Å². The molecular weight excluding hydrogens is 272 g/mol. The van der Waals surface area contributed by atoms with E-state index in [0.29, 0.717) is 29.8 Å². The SMILES string of the molecule is Cc1noc(CNCc2ccc([N+](=O)[O-])cc2Cl)n1. The maximum Gasteiger partial charge on any atom is 0.270 e. The van der Waals surface area contributed by atoms with Gasteiger partial charge in [0.2, 0.25) is 5.89 Å². The van der Waals surface area contributed by atoms with E-state index in [1.165, 1.54) is 12.1 Å². The van der Waals surface area contributed by atoms with Gasteiger partial charge in [-0.3, -0.25) is 10.1 Å². The van der Waals surface area contributed by atoms with Gasteiger partial charge in [-0.05, 0) is 18.6 Å². The summed E-state index contributed by atoms with van der Waals surface area (Å²) < 4.78 is 4.94. The van der Waals surface area contributed by atoms with Gasteiger partial charge in [-0.2, -0.15) is 4.98 Å². The summed E-state index contributed by atoms with van der Waals surface area (Å²) >= 11 is 5.96. The number of hydrogen-bond donors (Lipinski definition) is 1. The predicted molar refractivity (Wildman–Crippen MR) is 67.7 cm³/mol. The van der Waals surface area contributed by atoms with Crippen molar-refractivity contribution in [2.75, 3.05) is 0 Å². The molecule has 0 amide bonds. The van der Waals surface area contributed by atoms with E-state index in [9.17, 15) is 10.1 Å². The first-order chi connectivity index (χ1) is 9.06. The van der Waals surface area contributed by atoms with Crippen LogP contribution in [-0.4, -0.2) is 15.1 Å². The molecule has 7 nitrogen and oxygen atoms in total. The van der Waals surface area contributed by atoms with Crippen LogP contribution in [0.25, 0.3) is 0 Å². The number of aromatic nitrogens is 2. The van der Waals surface area contributed by atoms with Crippen LogP contribution in [0.3, 0.4) is 0 Å². The summed E-state index contributed by atoms with van der Waals surface area (Å²) in [7, 11) is 0. The standard InChI is InChI=1S/C11H11ClN4O3/c1-7-14-11(19-15-7)6-13-5-8-2-3-9(16(17)18)4-10(8)12/h2-4,13H,5-6H2,1H3. The highest BCUT2D eigenvalue weighted by Crippen LogP contribution is 2.22. The summed E-state index contributed by atoms with van der Waals surface area (Å²) in [6.45, 7) is 2.60. The van der Waals surface area contributed by atoms with Crippen molar-refractivity contribution in [3.8, 4) is 0 Å². The normalized spacial score (nSPS) is 10.6. The molecule has 0 fully saturated rings. The van der Waals surface area contributed by atoms with Gasteiger partial charge >= 0.3 is 0 Å². The number of aryl methyl sites for hydroxylation is 1. The number of rotatable bonds is 5. The van der Waals surface area contributed by atoms with Gasteiger partial charge in [-0.1, -0.05) is 16.8 Å². The van der Waals surface area contributed by atoms with Gasteiger partial charge in [0.15, 0.2) is 5.82 Å². The molecule has 1 aromatic heterocycles. The van der Waals surface area contributed by atoms with Crippen LogP contribution < -0.4 is 5.32 Å². The van der Waals surface area contributed by atoms with E-state index in [4.69, 9.17) is 16.1 Å². The molecule has 1 heterocycles. The van der Waals surface area contributed by atoms with Crippen LogP contribution in [0.4, 0.5) is 5.69 Å². The molecule has 8 heteroatoms. The Morgan fingerprint density at radius 3 is 2.84 bits per heavy atom. The van der Waals surface area contributed by atoms with Crippen molar-refractivity contribution in [2.45, 2.75) is 20.0 Å². The zero-order chi connectivity index (χ0) is 13.8. The Balaban J connectivity index is 1.94. The highest BCUT2D eigenvalue weighted by molar-refractivity contribution is 6.31. The molecule has 1 N–H and O–H groups in total. The second kappa shape index (κ2) is 5.77. The minimum Gasteiger partial charge on any atom is -0.338 e. The lowest BCUT2D eigenvalue weighted by molar-refractivity contribution is -0.384. The van der Waals surface area contributed by atoms with Crippen LogP contribution in [0, 0.1) is 17.0 Å². The smallest absolute Gasteiger partial charge is 0.270 e. The Morgan fingerprint density at radius 1 is 1.47 bits per heavy atom. The molecular formula is C11H11ClN4O3. The molecule has 2 aromatic rings. The number of hydrogen-bond acceptors (Lipinski definition) is 6. The maximum atomic E-state index is 10.6. The second-order valence-corrected chi connectivity index (χ2v) is 4.28. The van der Waals surface area contributed by atoms with Crippen molar-refractivity contribution < 1.29 is 9.45 Å². The van der Waals surface area contributed by atoms with Crippen LogP contribution in [-0.2, 0) is 13.1 Å². The Hall–Kier alpha value is -1.99. The third kappa shape index (κ3) is 3.49. The van der Waals surface area contributed by atoms with E-state index < -0.39 is 4.92 Å². The topological polar surface area (TPSA) is 94.1 Å². The molecule has 0 bridgehead atoms. The fraction of sp³-hybridized carbons (Fsp3) is 0.273. The van der Waals surface area contributed by atoms with E-state index in [2.05, 4.69) is 15.5 Å². The largest absolute Gasteiger partial charge is 0.338 e. The molecule has 0 saturated carbocycles. The molecule has 2 rings (SSSR count). The molecule has 0 atom stereocenters. The van der Waals surface area contributed by atoms with Gasteiger partial charge in [0.25, 0.3) is 5.69 Å². The summed E-state index contributed by atoms with van der Waals surface area (Å²) in [5, 5.41) is 17.7. The summed E-state index contributed by atoms with van der Waals surface area (Å²) in [5.41, 5.74) is 0.741. The fourth-order valence-electron chi connectivity index (χ4n) is 1.51. The second-order valence-electron chi connectivity index (χ2n) is 3.87. The van der Waals surface area contributed by atoms with Gasteiger partial charge in [-0.15, -0.1) is 0 Å². The van der Waals surface area contributed by atoms with Gasteiger partial charge in [0.05, 0.1) is 16.5 Å². The molecule has 1 aromatic carbocycles. The van der Waals surface area contributed by atoms with Gasteiger partial charge in [0.1, 0.15) is 0 Å². The molecule has 0 unspecified atom stereocenters. The molecule has 0 radical (unpaired) electrons. The Kier molecular flexibility index (Phi) is 4.08. The number of nitrogens with one attached hydrogen (secondary N) is 1. The van der Waals surface area contributed by atoms with Crippen LogP contribution in [0.15, 0.2) is 22.7 Å². The molecule has 0 aliphatic rings. The van der Waals surface area contributed by atoms with Gasteiger partial charge in [-0.25, -0.2) is 0 Å². The molecule has 0 aliphatic heterocycles. The third-order valence-corrected chi connectivity index (χ3v) is 2.76. The average Bonchev–Trinajstić information content (AvgIpc) is 2.77. The van der Waals surface area contributed by atoms with Crippen LogP contribution >= 0.6 is 11.6 Å². The first-order valence-corrected chi connectivity index (χ1v) is 5.87. The lowest BCUT2D eigenvalue weighted by Crippen LogP contribution is -2.13. The highest BCUT2D eigenvalue weighted by atomic mass is 35.5. The van der Waals surface area contributed by atoms with E-state index in [1.807, 2.05) is 0 Å². The van der Waals surface area contributed by atoms with Crippen molar-refractivity contribution >= 4 is 17.3 Å². The van der Waals surface area contributed by atoms with Crippen molar-refractivity contribution in [1.82, 2.24) is 15.5 Å². The fourth-order valence-corrected chi connectivity index (χ4v) is 1.75. The quantitative estimate of drug-likeness (QED) is 0.667. The summed E-state index contributed by atoms with van der Waals surface area (Å²) in [4.78, 5) is 14.1. The van der Waals surface area contributed by atoms with Crippen molar-refractivity contribution in [2.24, 2.45) is 0 Å². The minimum atomic E-state index is -0.482. The maximum absolute atomic E-state index is 10.6. The highest BCUT2D eigenvalue weighted by Gasteiger charge is 2.09. The summed E-state index contributed by atoms with van der Waals surface area (Å²) in [6, 6.07) is 4.36. The number of nitro groups is 1. The van der Waals surface area contributed by atoms with Gasteiger partial charge in [0, 0.05) is 18.7 Å². The van der Waals surface area contributed by atoms with E-state index in [0.717, 1.165) is 5.56 Å². The molecule has 100 valence electrons. The predicted octanol–water partition coefficient (Wildman–Crippen LogP) is 2.23. The molecule has 0 aliphatic carbocycles. The van der Waals surface area contributed by atoms with Crippen LogP contribution in [0.2, 0.25) is 5.02 Å². The molecule has 0 spiro atoms.